The van der Waals surface area contributed by atoms with Gasteiger partial charge in [0, 0.05) is 60.8 Å². The molecule has 344 valence electrons. The highest BCUT2D eigenvalue weighted by atomic mass is 32.2. The standard InChI is InChI=1S/C40H64O19S/c1-9-10-11-12-13-14-15-16-17-48-18-19-49-20-21-60-40-38(56-30(8)47)36(54-28(6)45)34(32(58-40)23-51-25(3)42)59-39-37(55-29(7)46)35(53-27(5)44)33(52-26(4)43)31(57-39)22-50-24(2)41/h31-40H,9-23H2,1-8H3/t31-,32-,33+,34-,35+,36+,37-,38-,39+,40+/m1/s1. The van der Waals surface area contributed by atoms with E-state index in [1.165, 1.54) is 50.3 Å². The van der Waals surface area contributed by atoms with E-state index in [4.69, 9.17) is 56.8 Å². The Balaban J connectivity index is 2.33. The smallest absolute Gasteiger partial charge is 0.303 e. The number of carbonyl (C=O) groups is 7. The molecule has 2 heterocycles. The van der Waals surface area contributed by atoms with Crippen LogP contribution < -0.4 is 0 Å². The fourth-order valence-corrected chi connectivity index (χ4v) is 7.56. The number of esters is 7. The average molecular weight is 881 g/mol. The summed E-state index contributed by atoms with van der Waals surface area (Å²) in [5, 5.41) is 0. The van der Waals surface area contributed by atoms with E-state index in [2.05, 4.69) is 6.92 Å². The summed E-state index contributed by atoms with van der Waals surface area (Å²) in [6, 6.07) is 0. The van der Waals surface area contributed by atoms with Crippen molar-refractivity contribution < 1.29 is 90.4 Å². The topological polar surface area (TPSA) is 230 Å². The van der Waals surface area contributed by atoms with Gasteiger partial charge >= 0.3 is 41.8 Å². The Labute approximate surface area is 356 Å². The number of unbranched alkanes of at least 4 members (excludes halogenated alkanes) is 7. The van der Waals surface area contributed by atoms with E-state index < -0.39 is 116 Å². The van der Waals surface area contributed by atoms with E-state index in [9.17, 15) is 33.6 Å². The monoisotopic (exact) mass is 880 g/mol. The second-order valence-corrected chi connectivity index (χ2v) is 15.4. The molecule has 0 aromatic rings. The van der Waals surface area contributed by atoms with Crippen LogP contribution in [0, 0.1) is 0 Å². The highest BCUT2D eigenvalue weighted by Gasteiger charge is 2.57. The summed E-state index contributed by atoms with van der Waals surface area (Å²) in [4.78, 5) is 86.2. The van der Waals surface area contributed by atoms with Gasteiger partial charge in [-0.2, -0.15) is 0 Å². The first-order valence-corrected chi connectivity index (χ1v) is 21.4. The minimum absolute atomic E-state index is 0.246. The number of ether oxygens (including phenoxy) is 12. The zero-order valence-electron chi connectivity index (χ0n) is 36.0. The first-order valence-electron chi connectivity index (χ1n) is 20.4. The van der Waals surface area contributed by atoms with Gasteiger partial charge < -0.3 is 56.8 Å². The molecule has 0 bridgehead atoms. The summed E-state index contributed by atoms with van der Waals surface area (Å²) >= 11 is 1.17. The minimum Gasteiger partial charge on any atom is -0.463 e. The van der Waals surface area contributed by atoms with Gasteiger partial charge in [-0.3, -0.25) is 33.6 Å². The van der Waals surface area contributed by atoms with Crippen LogP contribution in [0.15, 0.2) is 0 Å². The number of hydrogen-bond acceptors (Lipinski definition) is 20. The molecule has 0 spiro atoms. The third-order valence-corrected chi connectivity index (χ3v) is 10.0. The van der Waals surface area contributed by atoms with Gasteiger partial charge in [0.15, 0.2) is 36.8 Å². The van der Waals surface area contributed by atoms with Crippen molar-refractivity contribution >= 4 is 53.5 Å². The molecule has 2 aliphatic heterocycles. The van der Waals surface area contributed by atoms with Gasteiger partial charge in [-0.05, 0) is 6.42 Å². The van der Waals surface area contributed by atoms with Gasteiger partial charge in [0.05, 0.1) is 19.8 Å². The molecule has 19 nitrogen and oxygen atoms in total. The lowest BCUT2D eigenvalue weighted by atomic mass is 9.96. The lowest BCUT2D eigenvalue weighted by molar-refractivity contribution is -0.341. The Morgan fingerprint density at radius 2 is 0.883 bits per heavy atom. The molecular formula is C40H64O19S. The second-order valence-electron chi connectivity index (χ2n) is 14.2. The van der Waals surface area contributed by atoms with Crippen LogP contribution >= 0.6 is 11.8 Å². The third-order valence-electron chi connectivity index (χ3n) is 8.91. The maximum Gasteiger partial charge on any atom is 0.303 e. The Bertz CT molecular complexity index is 1360. The summed E-state index contributed by atoms with van der Waals surface area (Å²) in [5.41, 5.74) is -1.03. The molecule has 2 saturated heterocycles. The number of carbonyl (C=O) groups excluding carboxylic acids is 7. The van der Waals surface area contributed by atoms with Crippen molar-refractivity contribution in [1.82, 2.24) is 0 Å². The van der Waals surface area contributed by atoms with Crippen molar-refractivity contribution in [3.05, 3.63) is 0 Å². The summed E-state index contributed by atoms with van der Waals surface area (Å²) in [6.45, 7) is 10.5. The molecule has 0 aromatic carbocycles. The molecule has 10 atom stereocenters. The van der Waals surface area contributed by atoms with Crippen LogP contribution in [0.4, 0.5) is 0 Å². The predicted molar refractivity (Wildman–Crippen MR) is 210 cm³/mol. The van der Waals surface area contributed by atoms with Crippen molar-refractivity contribution in [3.8, 4) is 0 Å². The fourth-order valence-electron chi connectivity index (χ4n) is 6.49. The summed E-state index contributed by atoms with van der Waals surface area (Å²) in [5.74, 6) is -5.31. The molecule has 2 aliphatic rings. The predicted octanol–water partition coefficient (Wildman–Crippen LogP) is 3.51. The molecule has 2 rings (SSSR count). The molecule has 0 radical (unpaired) electrons. The molecule has 20 heteroatoms. The maximum absolute atomic E-state index is 12.7. The SMILES string of the molecule is CCCCCCCCCCOCCOCCS[C@@H]1O[C@H](COC(C)=O)[C@@H](O[C@@H]2O[C@H](COC(C)=O)[C@H](OC(C)=O)[C@H](OC(C)=O)[C@H]2OC(C)=O)[C@H](OC(C)=O)[C@H]1OC(C)=O. The first-order chi connectivity index (χ1) is 28.5. The minimum atomic E-state index is -1.76. The van der Waals surface area contributed by atoms with Crippen LogP contribution in [-0.4, -0.2) is 148 Å². The van der Waals surface area contributed by atoms with Crippen molar-refractivity contribution in [2.45, 2.75) is 167 Å². The molecular weight excluding hydrogens is 816 g/mol. The molecule has 0 unspecified atom stereocenters. The largest absolute Gasteiger partial charge is 0.463 e. The van der Waals surface area contributed by atoms with Crippen molar-refractivity contribution in [3.63, 3.8) is 0 Å². The van der Waals surface area contributed by atoms with E-state index in [-0.39, 0.29) is 6.61 Å². The lowest BCUT2D eigenvalue weighted by Gasteiger charge is -2.48. The third kappa shape index (κ3) is 20.3. The number of hydrogen-bond donors (Lipinski definition) is 0. The molecule has 0 amide bonds. The molecule has 0 aromatic heterocycles. The van der Waals surface area contributed by atoms with Crippen LogP contribution in [-0.2, 0) is 90.4 Å². The van der Waals surface area contributed by atoms with Crippen LogP contribution in [0.3, 0.4) is 0 Å². The average Bonchev–Trinajstić information content (AvgIpc) is 3.15. The van der Waals surface area contributed by atoms with E-state index in [0.29, 0.717) is 25.6 Å². The molecule has 0 saturated carbocycles. The Kier molecular flexibility index (Phi) is 25.3. The normalized spacial score (nSPS) is 26.3. The van der Waals surface area contributed by atoms with Gasteiger partial charge in [0.1, 0.15) is 37.0 Å². The number of rotatable bonds is 27. The van der Waals surface area contributed by atoms with Gasteiger partial charge in [-0.15, -0.1) is 11.8 Å². The highest BCUT2D eigenvalue weighted by molar-refractivity contribution is 7.99. The van der Waals surface area contributed by atoms with Crippen molar-refractivity contribution in [2.24, 2.45) is 0 Å². The van der Waals surface area contributed by atoms with Crippen LogP contribution in [0.25, 0.3) is 0 Å². The second kappa shape index (κ2) is 28.9. The van der Waals surface area contributed by atoms with E-state index in [0.717, 1.165) is 61.3 Å². The molecule has 2 fully saturated rings. The lowest BCUT2D eigenvalue weighted by Crippen LogP contribution is -2.66. The molecule has 60 heavy (non-hydrogen) atoms. The summed E-state index contributed by atoms with van der Waals surface area (Å²) < 4.78 is 68.7. The fraction of sp³-hybridized carbons (Fsp3) is 0.825. The maximum atomic E-state index is 12.7. The van der Waals surface area contributed by atoms with Crippen LogP contribution in [0.1, 0.15) is 107 Å². The van der Waals surface area contributed by atoms with E-state index in [1.807, 2.05) is 0 Å². The zero-order chi connectivity index (χ0) is 44.6. The highest BCUT2D eigenvalue weighted by Crippen LogP contribution is 2.37. The van der Waals surface area contributed by atoms with Crippen LogP contribution in [0.2, 0.25) is 0 Å². The molecule has 0 N–H and O–H groups in total. The van der Waals surface area contributed by atoms with Crippen molar-refractivity contribution in [1.29, 1.82) is 0 Å². The van der Waals surface area contributed by atoms with Gasteiger partial charge in [-0.1, -0.05) is 51.9 Å². The Hall–Kier alpha value is -3.56. The summed E-state index contributed by atoms with van der Waals surface area (Å²) in [7, 11) is 0. The first kappa shape index (κ1) is 52.6. The van der Waals surface area contributed by atoms with E-state index in [1.54, 1.807) is 0 Å². The zero-order valence-corrected chi connectivity index (χ0v) is 36.9. The quantitative estimate of drug-likeness (QED) is 0.0653. The van der Waals surface area contributed by atoms with Crippen LogP contribution in [0.5, 0.6) is 0 Å². The van der Waals surface area contributed by atoms with Crippen molar-refractivity contribution in [2.75, 3.05) is 45.4 Å². The van der Waals surface area contributed by atoms with Gasteiger partial charge in [0.2, 0.25) is 0 Å². The molecule has 0 aliphatic carbocycles. The summed E-state index contributed by atoms with van der Waals surface area (Å²) in [6.07, 6.45) is -3.87. The van der Waals surface area contributed by atoms with E-state index >= 15 is 0 Å². The van der Waals surface area contributed by atoms with Gasteiger partial charge in [-0.25, -0.2) is 0 Å². The van der Waals surface area contributed by atoms with Gasteiger partial charge in [0.25, 0.3) is 0 Å². The number of thioether (sulfide) groups is 1. The Morgan fingerprint density at radius 3 is 1.40 bits per heavy atom. The Morgan fingerprint density at radius 1 is 0.450 bits per heavy atom.